The smallest absolute Gasteiger partial charge is 0.255 e. The normalized spacial score (nSPS) is 12.0. The molecule has 27 heavy (non-hydrogen) atoms. The van der Waals surface area contributed by atoms with Crippen LogP contribution in [0, 0.1) is 0 Å². The van der Waals surface area contributed by atoms with E-state index in [9.17, 15) is 4.79 Å². The van der Waals surface area contributed by atoms with Crippen LogP contribution in [0.5, 0.6) is 0 Å². The van der Waals surface area contributed by atoms with E-state index in [0.29, 0.717) is 35.3 Å². The lowest BCUT2D eigenvalue weighted by atomic mass is 10.1. The van der Waals surface area contributed by atoms with Crippen molar-refractivity contribution >= 4 is 17.5 Å². The maximum atomic E-state index is 13.0. The lowest BCUT2D eigenvalue weighted by molar-refractivity contribution is 0.0686. The largest absolute Gasteiger partial charge is 0.339 e. The standard InChI is InChI=1S/C21H22ClN3O2/c1-3-15(2)25(21(26)17-11-7-8-12-18(17)22)14-13-19-23-20(24-27-19)16-9-5-4-6-10-16/h4-12,15H,3,13-14H2,1-2H3/t15-/m0/s1. The number of benzene rings is 2. The van der Waals surface area contributed by atoms with Crippen LogP contribution < -0.4 is 0 Å². The predicted octanol–water partition coefficient (Wildman–Crippen LogP) is 4.87. The molecule has 1 heterocycles. The third kappa shape index (κ3) is 4.55. The van der Waals surface area contributed by atoms with Crippen LogP contribution in [0.1, 0.15) is 36.5 Å². The third-order valence-electron chi connectivity index (χ3n) is 4.55. The van der Waals surface area contributed by atoms with E-state index in [2.05, 4.69) is 17.1 Å². The number of hydrogen-bond acceptors (Lipinski definition) is 4. The molecule has 5 nitrogen and oxygen atoms in total. The monoisotopic (exact) mass is 383 g/mol. The summed E-state index contributed by atoms with van der Waals surface area (Å²) in [6.45, 7) is 4.56. The van der Waals surface area contributed by atoms with Crippen LogP contribution >= 0.6 is 11.6 Å². The average Bonchev–Trinajstić information content (AvgIpc) is 3.17. The van der Waals surface area contributed by atoms with Crippen LogP contribution in [-0.2, 0) is 6.42 Å². The fourth-order valence-electron chi connectivity index (χ4n) is 2.81. The third-order valence-corrected chi connectivity index (χ3v) is 4.88. The van der Waals surface area contributed by atoms with E-state index in [1.807, 2.05) is 54.3 Å². The van der Waals surface area contributed by atoms with Crippen molar-refractivity contribution in [2.45, 2.75) is 32.7 Å². The quantitative estimate of drug-likeness (QED) is 0.583. The summed E-state index contributed by atoms with van der Waals surface area (Å²) in [5, 5.41) is 4.49. The molecule has 1 aromatic heterocycles. The first-order valence-corrected chi connectivity index (χ1v) is 9.41. The van der Waals surface area contributed by atoms with Crippen LogP contribution in [0.4, 0.5) is 0 Å². The number of amides is 1. The molecule has 0 bridgehead atoms. The molecule has 1 amide bonds. The zero-order valence-electron chi connectivity index (χ0n) is 15.4. The van der Waals surface area contributed by atoms with Crippen molar-refractivity contribution in [2.24, 2.45) is 0 Å². The minimum atomic E-state index is -0.0854. The van der Waals surface area contributed by atoms with Gasteiger partial charge in [-0.05, 0) is 25.5 Å². The molecule has 0 unspecified atom stereocenters. The molecule has 0 saturated heterocycles. The Morgan fingerprint density at radius 2 is 1.85 bits per heavy atom. The second-order valence-electron chi connectivity index (χ2n) is 6.36. The van der Waals surface area contributed by atoms with Crippen molar-refractivity contribution < 1.29 is 9.32 Å². The molecule has 0 N–H and O–H groups in total. The second-order valence-corrected chi connectivity index (χ2v) is 6.77. The molecule has 0 aliphatic carbocycles. The number of rotatable bonds is 7. The van der Waals surface area contributed by atoms with E-state index in [1.165, 1.54) is 0 Å². The van der Waals surface area contributed by atoms with Crippen molar-refractivity contribution in [3.8, 4) is 11.4 Å². The molecular weight excluding hydrogens is 362 g/mol. The molecule has 0 spiro atoms. The number of carbonyl (C=O) groups excluding carboxylic acids is 1. The van der Waals surface area contributed by atoms with Gasteiger partial charge in [-0.1, -0.05) is 66.1 Å². The fraction of sp³-hybridized carbons (Fsp3) is 0.286. The van der Waals surface area contributed by atoms with Crippen molar-refractivity contribution in [2.75, 3.05) is 6.54 Å². The van der Waals surface area contributed by atoms with Crippen LogP contribution in [0.3, 0.4) is 0 Å². The van der Waals surface area contributed by atoms with Gasteiger partial charge in [-0.3, -0.25) is 4.79 Å². The highest BCUT2D eigenvalue weighted by atomic mass is 35.5. The maximum Gasteiger partial charge on any atom is 0.255 e. The van der Waals surface area contributed by atoms with Crippen molar-refractivity contribution in [1.82, 2.24) is 15.0 Å². The molecule has 0 aliphatic rings. The second kappa shape index (κ2) is 8.82. The average molecular weight is 384 g/mol. The highest BCUT2D eigenvalue weighted by molar-refractivity contribution is 6.33. The van der Waals surface area contributed by atoms with Crippen molar-refractivity contribution in [3.63, 3.8) is 0 Å². The van der Waals surface area contributed by atoms with Gasteiger partial charge in [0.1, 0.15) is 0 Å². The van der Waals surface area contributed by atoms with Crippen LogP contribution in [0.25, 0.3) is 11.4 Å². The maximum absolute atomic E-state index is 13.0. The summed E-state index contributed by atoms with van der Waals surface area (Å²) >= 11 is 6.21. The Balaban J connectivity index is 1.73. The van der Waals surface area contributed by atoms with Crippen LogP contribution in [0.2, 0.25) is 5.02 Å². The Morgan fingerprint density at radius 1 is 1.15 bits per heavy atom. The first-order valence-electron chi connectivity index (χ1n) is 9.03. The molecule has 0 fully saturated rings. The topological polar surface area (TPSA) is 59.2 Å². The van der Waals surface area contributed by atoms with E-state index < -0.39 is 0 Å². The predicted molar refractivity (Wildman–Crippen MR) is 106 cm³/mol. The van der Waals surface area contributed by atoms with Gasteiger partial charge in [0.05, 0.1) is 10.6 Å². The minimum Gasteiger partial charge on any atom is -0.339 e. The van der Waals surface area contributed by atoms with Gasteiger partial charge in [0, 0.05) is 24.6 Å². The van der Waals surface area contributed by atoms with Crippen LogP contribution in [-0.4, -0.2) is 33.5 Å². The van der Waals surface area contributed by atoms with Gasteiger partial charge in [-0.2, -0.15) is 4.98 Å². The lowest BCUT2D eigenvalue weighted by Gasteiger charge is -2.28. The molecule has 0 radical (unpaired) electrons. The van der Waals surface area contributed by atoms with Crippen LogP contribution in [0.15, 0.2) is 59.1 Å². The van der Waals surface area contributed by atoms with Gasteiger partial charge in [0.2, 0.25) is 11.7 Å². The Morgan fingerprint density at radius 3 is 2.56 bits per heavy atom. The fourth-order valence-corrected chi connectivity index (χ4v) is 3.03. The Labute approximate surface area is 164 Å². The number of halogens is 1. The molecule has 0 saturated carbocycles. The number of carbonyl (C=O) groups is 1. The number of hydrogen-bond donors (Lipinski definition) is 0. The summed E-state index contributed by atoms with van der Waals surface area (Å²) in [5.41, 5.74) is 1.41. The Kier molecular flexibility index (Phi) is 6.24. The van der Waals surface area contributed by atoms with E-state index in [-0.39, 0.29) is 11.9 Å². The molecule has 3 rings (SSSR count). The van der Waals surface area contributed by atoms with Gasteiger partial charge in [0.15, 0.2) is 0 Å². The zero-order chi connectivity index (χ0) is 19.2. The van der Waals surface area contributed by atoms with E-state index in [0.717, 1.165) is 12.0 Å². The van der Waals surface area contributed by atoms with E-state index in [1.54, 1.807) is 12.1 Å². The highest BCUT2D eigenvalue weighted by Crippen LogP contribution is 2.20. The highest BCUT2D eigenvalue weighted by Gasteiger charge is 2.23. The summed E-state index contributed by atoms with van der Waals surface area (Å²) in [4.78, 5) is 19.2. The molecule has 1 atom stereocenters. The molecule has 2 aromatic carbocycles. The first kappa shape index (κ1) is 19.1. The van der Waals surface area contributed by atoms with Crippen molar-refractivity contribution in [3.05, 3.63) is 71.1 Å². The lowest BCUT2D eigenvalue weighted by Crippen LogP contribution is -2.40. The van der Waals surface area contributed by atoms with Gasteiger partial charge in [-0.15, -0.1) is 0 Å². The van der Waals surface area contributed by atoms with Gasteiger partial charge < -0.3 is 9.42 Å². The minimum absolute atomic E-state index is 0.0743. The Hall–Kier alpha value is -2.66. The van der Waals surface area contributed by atoms with Gasteiger partial charge in [0.25, 0.3) is 5.91 Å². The SMILES string of the molecule is CC[C@H](C)N(CCc1nc(-c2ccccc2)no1)C(=O)c1ccccc1Cl. The van der Waals surface area contributed by atoms with Gasteiger partial charge >= 0.3 is 0 Å². The number of aromatic nitrogens is 2. The number of nitrogens with zero attached hydrogens (tertiary/aromatic N) is 3. The van der Waals surface area contributed by atoms with E-state index in [4.69, 9.17) is 16.1 Å². The molecule has 140 valence electrons. The zero-order valence-corrected chi connectivity index (χ0v) is 16.2. The summed E-state index contributed by atoms with van der Waals surface area (Å²) in [7, 11) is 0. The van der Waals surface area contributed by atoms with Crippen molar-refractivity contribution in [1.29, 1.82) is 0 Å². The summed E-state index contributed by atoms with van der Waals surface area (Å²) < 4.78 is 5.37. The molecule has 6 heteroatoms. The molecular formula is C21H22ClN3O2. The first-order chi connectivity index (χ1) is 13.1. The molecule has 0 aliphatic heterocycles. The Bertz CT molecular complexity index is 895. The molecule has 3 aromatic rings. The van der Waals surface area contributed by atoms with E-state index >= 15 is 0 Å². The summed E-state index contributed by atoms with van der Waals surface area (Å²) in [5.74, 6) is 0.977. The summed E-state index contributed by atoms with van der Waals surface area (Å²) in [6, 6.07) is 16.8. The van der Waals surface area contributed by atoms with Gasteiger partial charge in [-0.25, -0.2) is 0 Å². The summed E-state index contributed by atoms with van der Waals surface area (Å²) in [6.07, 6.45) is 1.33.